The van der Waals surface area contributed by atoms with Gasteiger partial charge in [0.25, 0.3) is 9.84 Å². The Labute approximate surface area is 119 Å². The second-order valence-electron chi connectivity index (χ2n) is 4.32. The van der Waals surface area contributed by atoms with E-state index in [9.17, 15) is 21.6 Å². The van der Waals surface area contributed by atoms with Crippen LogP contribution in [0.1, 0.15) is 5.56 Å². The standard InChI is InChI=1S/C12H12F3N3O2S/c1-18-8-9(7-17-18)6-16-10-4-2-3-5-11(10)21(19,20)12(13,14)15/h2-5,7-8,16H,6H2,1H3. The highest BCUT2D eigenvalue weighted by Gasteiger charge is 2.47. The Hall–Kier alpha value is -2.03. The summed E-state index contributed by atoms with van der Waals surface area (Å²) in [6.07, 6.45) is 3.21. The molecule has 1 aromatic heterocycles. The maximum Gasteiger partial charge on any atom is 0.501 e. The monoisotopic (exact) mass is 319 g/mol. The first-order valence-corrected chi connectivity index (χ1v) is 7.32. The van der Waals surface area contributed by atoms with Gasteiger partial charge in [0.2, 0.25) is 0 Å². The lowest BCUT2D eigenvalue weighted by Gasteiger charge is -2.13. The number of aromatic nitrogens is 2. The number of alkyl halides is 3. The zero-order chi connectivity index (χ0) is 15.7. The summed E-state index contributed by atoms with van der Waals surface area (Å²) in [5.74, 6) is 0. The van der Waals surface area contributed by atoms with Gasteiger partial charge in [-0.2, -0.15) is 18.3 Å². The van der Waals surface area contributed by atoms with Crippen molar-refractivity contribution in [2.45, 2.75) is 16.9 Å². The van der Waals surface area contributed by atoms with Crippen LogP contribution in [-0.2, 0) is 23.4 Å². The summed E-state index contributed by atoms with van der Waals surface area (Å²) in [6.45, 7) is 0.165. The molecule has 0 amide bonds. The predicted molar refractivity (Wildman–Crippen MR) is 70.2 cm³/mol. The average Bonchev–Trinajstić information content (AvgIpc) is 2.81. The molecule has 9 heteroatoms. The van der Waals surface area contributed by atoms with Crippen LogP contribution in [0.3, 0.4) is 0 Å². The number of anilines is 1. The van der Waals surface area contributed by atoms with Gasteiger partial charge >= 0.3 is 5.51 Å². The summed E-state index contributed by atoms with van der Waals surface area (Å²) in [6, 6.07) is 4.91. The van der Waals surface area contributed by atoms with E-state index < -0.39 is 20.2 Å². The van der Waals surface area contributed by atoms with Crippen LogP contribution in [0, 0.1) is 0 Å². The number of nitrogens with zero attached hydrogens (tertiary/aromatic N) is 2. The number of rotatable bonds is 4. The van der Waals surface area contributed by atoms with Gasteiger partial charge in [0, 0.05) is 25.4 Å². The molecule has 0 saturated carbocycles. The lowest BCUT2D eigenvalue weighted by Crippen LogP contribution is -2.24. The number of para-hydroxylation sites is 1. The quantitative estimate of drug-likeness (QED) is 0.939. The summed E-state index contributed by atoms with van der Waals surface area (Å²) in [7, 11) is -3.69. The molecule has 0 fully saturated rings. The fraction of sp³-hybridized carbons (Fsp3) is 0.250. The maximum atomic E-state index is 12.6. The maximum absolute atomic E-state index is 12.6. The molecular formula is C12H12F3N3O2S. The predicted octanol–water partition coefficient (Wildman–Crippen LogP) is 2.33. The van der Waals surface area contributed by atoms with E-state index in [0.717, 1.165) is 11.6 Å². The van der Waals surface area contributed by atoms with Crippen LogP contribution in [0.2, 0.25) is 0 Å². The lowest BCUT2D eigenvalue weighted by molar-refractivity contribution is -0.0435. The molecule has 114 valence electrons. The second-order valence-corrected chi connectivity index (χ2v) is 6.23. The van der Waals surface area contributed by atoms with Crippen LogP contribution >= 0.6 is 0 Å². The molecule has 2 rings (SSSR count). The van der Waals surface area contributed by atoms with E-state index in [1.807, 2.05) is 0 Å². The van der Waals surface area contributed by atoms with Gasteiger partial charge < -0.3 is 5.32 Å². The van der Waals surface area contributed by atoms with Crippen molar-refractivity contribution >= 4 is 15.5 Å². The highest BCUT2D eigenvalue weighted by molar-refractivity contribution is 7.92. The molecule has 0 aliphatic heterocycles. The molecule has 1 N–H and O–H groups in total. The minimum absolute atomic E-state index is 0.0984. The van der Waals surface area contributed by atoms with E-state index in [0.29, 0.717) is 0 Å². The summed E-state index contributed by atoms with van der Waals surface area (Å²) >= 11 is 0. The molecule has 0 radical (unpaired) electrons. The molecule has 21 heavy (non-hydrogen) atoms. The first kappa shape index (κ1) is 15.4. The van der Waals surface area contributed by atoms with Crippen LogP contribution in [0.15, 0.2) is 41.6 Å². The van der Waals surface area contributed by atoms with E-state index in [-0.39, 0.29) is 12.2 Å². The van der Waals surface area contributed by atoms with Crippen molar-refractivity contribution in [2.24, 2.45) is 7.05 Å². The van der Waals surface area contributed by atoms with Crippen molar-refractivity contribution in [1.29, 1.82) is 0 Å². The second kappa shape index (κ2) is 5.40. The normalized spacial score (nSPS) is 12.4. The molecule has 1 heterocycles. The fourth-order valence-corrected chi connectivity index (χ4v) is 2.67. The van der Waals surface area contributed by atoms with Gasteiger partial charge in [-0.25, -0.2) is 8.42 Å². The molecule has 2 aromatic rings. The summed E-state index contributed by atoms with van der Waals surface area (Å²) < 4.78 is 62.5. The van der Waals surface area contributed by atoms with E-state index >= 15 is 0 Å². The minimum Gasteiger partial charge on any atom is -0.380 e. The molecular weight excluding hydrogens is 307 g/mol. The zero-order valence-electron chi connectivity index (χ0n) is 10.9. The number of nitrogens with one attached hydrogen (secondary N) is 1. The van der Waals surface area contributed by atoms with Crippen LogP contribution in [-0.4, -0.2) is 23.7 Å². The van der Waals surface area contributed by atoms with E-state index in [2.05, 4.69) is 10.4 Å². The third-order valence-corrected chi connectivity index (χ3v) is 4.27. The van der Waals surface area contributed by atoms with E-state index in [1.165, 1.54) is 29.1 Å². The van der Waals surface area contributed by atoms with Crippen molar-refractivity contribution in [3.05, 3.63) is 42.2 Å². The van der Waals surface area contributed by atoms with E-state index in [4.69, 9.17) is 0 Å². The number of aryl methyl sites for hydroxylation is 1. The Bertz CT molecular complexity index is 738. The molecule has 5 nitrogen and oxygen atoms in total. The van der Waals surface area contributed by atoms with Crippen LogP contribution in [0.4, 0.5) is 18.9 Å². The molecule has 0 saturated heterocycles. The number of sulfone groups is 1. The molecule has 0 atom stereocenters. The van der Waals surface area contributed by atoms with Crippen molar-refractivity contribution in [3.8, 4) is 0 Å². The van der Waals surface area contributed by atoms with Gasteiger partial charge in [0.05, 0.1) is 16.8 Å². The molecule has 0 aliphatic carbocycles. The third kappa shape index (κ3) is 3.18. The number of hydrogen-bond acceptors (Lipinski definition) is 4. The first-order valence-electron chi connectivity index (χ1n) is 5.83. The first-order chi connectivity index (χ1) is 9.72. The van der Waals surface area contributed by atoms with Gasteiger partial charge in [-0.05, 0) is 12.1 Å². The average molecular weight is 319 g/mol. The van der Waals surface area contributed by atoms with Gasteiger partial charge in [0.15, 0.2) is 0 Å². The van der Waals surface area contributed by atoms with Crippen molar-refractivity contribution in [3.63, 3.8) is 0 Å². The van der Waals surface area contributed by atoms with Crippen molar-refractivity contribution in [1.82, 2.24) is 9.78 Å². The Morgan fingerprint density at radius 3 is 2.52 bits per heavy atom. The van der Waals surface area contributed by atoms with Crippen LogP contribution in [0.25, 0.3) is 0 Å². The summed E-state index contributed by atoms with van der Waals surface area (Å²) in [5, 5.41) is 6.61. The van der Waals surface area contributed by atoms with Crippen molar-refractivity contribution in [2.75, 3.05) is 5.32 Å². The number of hydrogen-bond donors (Lipinski definition) is 1. The highest BCUT2D eigenvalue weighted by atomic mass is 32.2. The molecule has 0 bridgehead atoms. The molecule has 1 aromatic carbocycles. The summed E-state index contributed by atoms with van der Waals surface area (Å²) in [4.78, 5) is -0.790. The summed E-state index contributed by atoms with van der Waals surface area (Å²) in [5.41, 5.74) is -4.71. The smallest absolute Gasteiger partial charge is 0.380 e. The largest absolute Gasteiger partial charge is 0.501 e. The van der Waals surface area contributed by atoms with Crippen molar-refractivity contribution < 1.29 is 21.6 Å². The Balaban J connectivity index is 2.30. The molecule has 0 aliphatic rings. The lowest BCUT2D eigenvalue weighted by atomic mass is 10.3. The number of benzene rings is 1. The SMILES string of the molecule is Cn1cc(CNc2ccccc2S(=O)(=O)C(F)(F)F)cn1. The third-order valence-electron chi connectivity index (χ3n) is 2.72. The molecule has 0 spiro atoms. The highest BCUT2D eigenvalue weighted by Crippen LogP contribution is 2.34. The fourth-order valence-electron chi connectivity index (χ4n) is 1.73. The van der Waals surface area contributed by atoms with Crippen LogP contribution in [0.5, 0.6) is 0 Å². The Morgan fingerprint density at radius 1 is 1.29 bits per heavy atom. The molecule has 0 unspecified atom stereocenters. The Kier molecular flexibility index (Phi) is 3.95. The Morgan fingerprint density at radius 2 is 1.95 bits per heavy atom. The minimum atomic E-state index is -5.39. The van der Waals surface area contributed by atoms with Crippen LogP contribution < -0.4 is 5.32 Å². The van der Waals surface area contributed by atoms with Gasteiger partial charge in [-0.3, -0.25) is 4.68 Å². The van der Waals surface area contributed by atoms with Gasteiger partial charge in [0.1, 0.15) is 0 Å². The number of halogens is 3. The van der Waals surface area contributed by atoms with E-state index in [1.54, 1.807) is 13.2 Å². The van der Waals surface area contributed by atoms with Gasteiger partial charge in [-0.1, -0.05) is 12.1 Å². The topological polar surface area (TPSA) is 64.0 Å². The zero-order valence-corrected chi connectivity index (χ0v) is 11.7. The van der Waals surface area contributed by atoms with Gasteiger partial charge in [-0.15, -0.1) is 0 Å².